The topological polar surface area (TPSA) is 67.3 Å². The van der Waals surface area contributed by atoms with Gasteiger partial charge in [0.05, 0.1) is 15.6 Å². The molecule has 7 heteroatoms. The molecule has 2 rings (SSSR count). The van der Waals surface area contributed by atoms with Crippen LogP contribution in [0, 0.1) is 6.92 Å². The molecule has 92 valence electrons. The van der Waals surface area contributed by atoms with Crippen LogP contribution in [0.5, 0.6) is 0 Å². The van der Waals surface area contributed by atoms with Crippen LogP contribution in [0.25, 0.3) is 11.3 Å². The zero-order valence-electron chi connectivity index (χ0n) is 8.82. The molecule has 0 atom stereocenters. The summed E-state index contributed by atoms with van der Waals surface area (Å²) in [6.45, 7) is 1.90. The number of hydrogen-bond acceptors (Lipinski definition) is 4. The Morgan fingerprint density at radius 2 is 1.82 bits per heavy atom. The van der Waals surface area contributed by atoms with E-state index >= 15 is 0 Å². The van der Waals surface area contributed by atoms with Gasteiger partial charge in [-0.05, 0) is 19.1 Å². The molecule has 17 heavy (non-hydrogen) atoms. The summed E-state index contributed by atoms with van der Waals surface area (Å²) in [5, 5.41) is 2.85. The van der Waals surface area contributed by atoms with Gasteiger partial charge in [-0.25, -0.2) is 4.98 Å². The van der Waals surface area contributed by atoms with Gasteiger partial charge in [-0.3, -0.25) is 4.55 Å². The van der Waals surface area contributed by atoms with E-state index in [1.54, 1.807) is 12.1 Å². The summed E-state index contributed by atoms with van der Waals surface area (Å²) in [7, 11) is -4.11. The molecule has 0 amide bonds. The first-order valence-electron chi connectivity index (χ1n) is 4.47. The second-order valence-electron chi connectivity index (χ2n) is 3.25. The first-order chi connectivity index (χ1) is 7.47. The molecule has 4 nitrogen and oxygen atoms in total. The van der Waals surface area contributed by atoms with Crippen molar-refractivity contribution in [3.05, 3.63) is 34.7 Å². The number of nitrogens with zero attached hydrogens (tertiary/aromatic N) is 1. The molecule has 2 aromatic rings. The molecule has 0 aliphatic rings. The minimum atomic E-state index is -4.11. The molecule has 1 aromatic carbocycles. The van der Waals surface area contributed by atoms with Crippen molar-refractivity contribution >= 4 is 33.9 Å². The van der Waals surface area contributed by atoms with E-state index in [0.29, 0.717) is 0 Å². The molecule has 0 bridgehead atoms. The third-order valence-electron chi connectivity index (χ3n) is 2.07. The van der Waals surface area contributed by atoms with Crippen LogP contribution in [-0.4, -0.2) is 18.0 Å². The van der Waals surface area contributed by atoms with Gasteiger partial charge in [-0.1, -0.05) is 12.1 Å². The van der Waals surface area contributed by atoms with Crippen LogP contribution in [0.15, 0.2) is 34.5 Å². The maximum absolute atomic E-state index is 10.8. The molecule has 1 N–H and O–H groups in total. The zero-order chi connectivity index (χ0) is 11.8. The van der Waals surface area contributed by atoms with E-state index in [-0.39, 0.29) is 17.3 Å². The van der Waals surface area contributed by atoms with Crippen molar-refractivity contribution < 1.29 is 13.0 Å². The van der Waals surface area contributed by atoms with E-state index in [1.807, 2.05) is 12.3 Å². The van der Waals surface area contributed by atoms with Crippen molar-refractivity contribution in [2.45, 2.75) is 11.8 Å². The van der Waals surface area contributed by atoms with Gasteiger partial charge in [0.2, 0.25) is 0 Å². The maximum Gasteiger partial charge on any atom is 0.294 e. The van der Waals surface area contributed by atoms with Crippen LogP contribution in [0.3, 0.4) is 0 Å². The van der Waals surface area contributed by atoms with Crippen molar-refractivity contribution in [2.75, 3.05) is 0 Å². The van der Waals surface area contributed by atoms with Gasteiger partial charge in [0.15, 0.2) is 0 Å². The van der Waals surface area contributed by atoms with Crippen molar-refractivity contribution in [1.29, 1.82) is 0 Å². The monoisotopic (exact) mass is 291 g/mol. The summed E-state index contributed by atoms with van der Waals surface area (Å²) in [4.78, 5) is 4.17. The number of aromatic nitrogens is 1. The Morgan fingerprint density at radius 3 is 2.24 bits per heavy atom. The minimum absolute atomic E-state index is 0. The summed E-state index contributed by atoms with van der Waals surface area (Å²) < 4.78 is 30.5. The third kappa shape index (κ3) is 3.26. The van der Waals surface area contributed by atoms with E-state index < -0.39 is 10.1 Å². The van der Waals surface area contributed by atoms with Crippen LogP contribution in [0.2, 0.25) is 0 Å². The highest BCUT2D eigenvalue weighted by Gasteiger charge is 2.09. The van der Waals surface area contributed by atoms with Crippen LogP contribution >= 0.6 is 23.7 Å². The van der Waals surface area contributed by atoms with E-state index in [0.717, 1.165) is 16.3 Å². The largest absolute Gasteiger partial charge is 0.294 e. The number of rotatable bonds is 2. The lowest BCUT2D eigenvalue weighted by atomic mass is 10.2. The highest BCUT2D eigenvalue weighted by Crippen LogP contribution is 2.22. The van der Waals surface area contributed by atoms with Gasteiger partial charge in [-0.2, -0.15) is 8.42 Å². The molecular weight excluding hydrogens is 282 g/mol. The number of hydrogen-bond donors (Lipinski definition) is 1. The Hall–Kier alpha value is -0.950. The summed E-state index contributed by atoms with van der Waals surface area (Å²) in [6, 6.07) is 5.97. The van der Waals surface area contributed by atoms with Crippen molar-refractivity contribution in [1.82, 2.24) is 4.98 Å². The molecule has 1 heterocycles. The standard InChI is InChI=1S/C10H9NO3S2.ClH/c1-7-11-10(6-15-7)8-2-4-9(5-3-8)16(12,13)14;/h2-6H,1H3,(H,12,13,14);1H. The lowest BCUT2D eigenvalue weighted by Crippen LogP contribution is -1.97. The Bertz CT molecular complexity index is 605. The summed E-state index contributed by atoms with van der Waals surface area (Å²) in [5.74, 6) is 0. The second kappa shape index (κ2) is 5.14. The highest BCUT2D eigenvalue weighted by atomic mass is 35.5. The maximum atomic E-state index is 10.8. The fourth-order valence-electron chi connectivity index (χ4n) is 1.29. The molecule has 0 unspecified atom stereocenters. The molecule has 1 aromatic heterocycles. The predicted molar refractivity (Wildman–Crippen MR) is 69.3 cm³/mol. The lowest BCUT2D eigenvalue weighted by Gasteiger charge is -1.99. The van der Waals surface area contributed by atoms with E-state index in [1.165, 1.54) is 23.5 Å². The first-order valence-corrected chi connectivity index (χ1v) is 6.79. The average Bonchev–Trinajstić information content (AvgIpc) is 2.64. The number of thiazole rings is 1. The summed E-state index contributed by atoms with van der Waals surface area (Å²) in [6.07, 6.45) is 0. The average molecular weight is 292 g/mol. The predicted octanol–water partition coefficient (Wildman–Crippen LogP) is 2.79. The summed E-state index contributed by atoms with van der Waals surface area (Å²) >= 11 is 1.53. The van der Waals surface area contributed by atoms with E-state index in [4.69, 9.17) is 4.55 Å². The van der Waals surface area contributed by atoms with Crippen molar-refractivity contribution in [3.63, 3.8) is 0 Å². The van der Waals surface area contributed by atoms with Gasteiger partial charge in [-0.15, -0.1) is 23.7 Å². The zero-order valence-corrected chi connectivity index (χ0v) is 11.3. The summed E-state index contributed by atoms with van der Waals surface area (Å²) in [5.41, 5.74) is 1.64. The highest BCUT2D eigenvalue weighted by molar-refractivity contribution is 7.85. The quantitative estimate of drug-likeness (QED) is 0.864. The van der Waals surface area contributed by atoms with Gasteiger partial charge in [0.1, 0.15) is 0 Å². The van der Waals surface area contributed by atoms with Crippen LogP contribution in [0.4, 0.5) is 0 Å². The van der Waals surface area contributed by atoms with Crippen LogP contribution in [0.1, 0.15) is 5.01 Å². The molecule has 0 radical (unpaired) electrons. The molecule has 0 saturated heterocycles. The molecule has 0 aliphatic heterocycles. The Labute approximate surface area is 109 Å². The smallest absolute Gasteiger partial charge is 0.282 e. The fraction of sp³-hybridized carbons (Fsp3) is 0.100. The Morgan fingerprint density at radius 1 is 1.24 bits per heavy atom. The van der Waals surface area contributed by atoms with Crippen molar-refractivity contribution in [3.8, 4) is 11.3 Å². The van der Waals surface area contributed by atoms with E-state index in [2.05, 4.69) is 4.98 Å². The first kappa shape index (κ1) is 14.1. The van der Waals surface area contributed by atoms with E-state index in [9.17, 15) is 8.42 Å². The Kier molecular flexibility index (Phi) is 4.26. The molecule has 0 saturated carbocycles. The van der Waals surface area contributed by atoms with Crippen LogP contribution < -0.4 is 0 Å². The van der Waals surface area contributed by atoms with Gasteiger partial charge in [0.25, 0.3) is 10.1 Å². The number of aryl methyl sites for hydroxylation is 1. The third-order valence-corrected chi connectivity index (χ3v) is 3.71. The fourth-order valence-corrected chi connectivity index (χ4v) is 2.40. The van der Waals surface area contributed by atoms with Gasteiger partial charge >= 0.3 is 0 Å². The molecule has 0 aliphatic carbocycles. The number of halogens is 1. The molecule has 0 fully saturated rings. The second-order valence-corrected chi connectivity index (χ2v) is 5.73. The SMILES string of the molecule is Cc1nc(-c2ccc(S(=O)(=O)O)cc2)cs1.Cl. The van der Waals surface area contributed by atoms with Crippen molar-refractivity contribution in [2.24, 2.45) is 0 Å². The van der Waals surface area contributed by atoms with Gasteiger partial charge in [0, 0.05) is 10.9 Å². The minimum Gasteiger partial charge on any atom is -0.282 e. The number of benzene rings is 1. The normalized spacial score (nSPS) is 10.9. The Balaban J connectivity index is 0.00000144. The lowest BCUT2D eigenvalue weighted by molar-refractivity contribution is 0.483. The van der Waals surface area contributed by atoms with Crippen LogP contribution in [-0.2, 0) is 10.1 Å². The molecule has 0 spiro atoms. The van der Waals surface area contributed by atoms with Gasteiger partial charge < -0.3 is 0 Å². The molecular formula is C10H10ClNO3S2.